The molecule has 0 unspecified atom stereocenters. The van der Waals surface area contributed by atoms with Gasteiger partial charge in [0, 0.05) is 18.5 Å². The number of carbonyl (C=O) groups is 1. The number of esters is 1. The third-order valence-corrected chi connectivity index (χ3v) is 4.97. The van der Waals surface area contributed by atoms with Crippen molar-refractivity contribution in [3.8, 4) is 17.1 Å². The molecule has 3 rings (SSSR count). The van der Waals surface area contributed by atoms with Crippen LogP contribution in [-0.4, -0.2) is 39.7 Å². The number of hydrogen-bond acceptors (Lipinski definition) is 6. The Labute approximate surface area is 145 Å². The van der Waals surface area contributed by atoms with Crippen LogP contribution in [-0.2, 0) is 16.1 Å². The lowest BCUT2D eigenvalue weighted by Crippen LogP contribution is -2.13. The molecular formula is C17H21N3O3S. The van der Waals surface area contributed by atoms with Crippen molar-refractivity contribution in [1.82, 2.24) is 14.8 Å². The van der Waals surface area contributed by atoms with Crippen LogP contribution in [0.25, 0.3) is 11.4 Å². The number of carbonyl (C=O) groups excluding carboxylic acids is 1. The van der Waals surface area contributed by atoms with Crippen LogP contribution < -0.4 is 4.74 Å². The Kier molecular flexibility index (Phi) is 5.08. The number of thioether (sulfide) groups is 1. The van der Waals surface area contributed by atoms with E-state index in [2.05, 4.69) is 28.6 Å². The van der Waals surface area contributed by atoms with Crippen LogP contribution >= 0.6 is 11.8 Å². The molecule has 0 amide bonds. The topological polar surface area (TPSA) is 66.2 Å². The minimum Gasteiger partial charge on any atom is -0.497 e. The van der Waals surface area contributed by atoms with E-state index in [0.717, 1.165) is 35.3 Å². The Morgan fingerprint density at radius 2 is 2.08 bits per heavy atom. The van der Waals surface area contributed by atoms with E-state index in [1.54, 1.807) is 7.11 Å². The summed E-state index contributed by atoms with van der Waals surface area (Å²) < 4.78 is 12.3. The van der Waals surface area contributed by atoms with Gasteiger partial charge >= 0.3 is 5.97 Å². The van der Waals surface area contributed by atoms with Crippen LogP contribution in [0.4, 0.5) is 0 Å². The molecule has 1 saturated heterocycles. The monoisotopic (exact) mass is 347 g/mol. The molecule has 0 N–H and O–H groups in total. The van der Waals surface area contributed by atoms with Gasteiger partial charge in [0.2, 0.25) is 0 Å². The highest BCUT2D eigenvalue weighted by atomic mass is 32.2. The molecule has 0 aliphatic carbocycles. The molecule has 0 spiro atoms. The zero-order valence-corrected chi connectivity index (χ0v) is 14.9. The van der Waals surface area contributed by atoms with Crippen molar-refractivity contribution in [2.45, 2.75) is 37.2 Å². The lowest BCUT2D eigenvalue weighted by Gasteiger charge is -2.13. The van der Waals surface area contributed by atoms with Crippen LogP contribution in [0.3, 0.4) is 0 Å². The molecule has 1 fully saturated rings. The first kappa shape index (κ1) is 16.8. The maximum atomic E-state index is 11.7. The molecular weight excluding hydrogens is 326 g/mol. The molecule has 1 aliphatic heterocycles. The smallest absolute Gasteiger partial charge is 0.319 e. The third kappa shape index (κ3) is 3.56. The van der Waals surface area contributed by atoms with Crippen molar-refractivity contribution in [2.75, 3.05) is 13.7 Å². The van der Waals surface area contributed by atoms with Gasteiger partial charge < -0.3 is 14.0 Å². The third-order valence-electron chi connectivity index (χ3n) is 3.75. The molecule has 6 nitrogen and oxygen atoms in total. The SMILES string of the molecule is COc1ccc(-c2nnc(S[C@H]3CCOC3=O)n2CC(C)C)cc1. The summed E-state index contributed by atoms with van der Waals surface area (Å²) in [6.07, 6.45) is 0.718. The highest BCUT2D eigenvalue weighted by Crippen LogP contribution is 2.32. The van der Waals surface area contributed by atoms with E-state index in [1.165, 1.54) is 11.8 Å². The van der Waals surface area contributed by atoms with Crippen molar-refractivity contribution >= 4 is 17.7 Å². The molecule has 2 aromatic rings. The number of rotatable bonds is 6. The van der Waals surface area contributed by atoms with E-state index in [4.69, 9.17) is 9.47 Å². The second-order valence-electron chi connectivity index (χ2n) is 6.10. The minimum absolute atomic E-state index is 0.162. The maximum absolute atomic E-state index is 11.7. The summed E-state index contributed by atoms with van der Waals surface area (Å²) in [5.41, 5.74) is 0.977. The summed E-state index contributed by atoms with van der Waals surface area (Å²) in [5, 5.41) is 9.26. The van der Waals surface area contributed by atoms with Crippen LogP contribution in [0.15, 0.2) is 29.4 Å². The van der Waals surface area contributed by atoms with Crippen molar-refractivity contribution in [3.05, 3.63) is 24.3 Å². The predicted octanol–water partition coefficient (Wildman–Crippen LogP) is 3.02. The molecule has 24 heavy (non-hydrogen) atoms. The highest BCUT2D eigenvalue weighted by molar-refractivity contribution is 8.00. The maximum Gasteiger partial charge on any atom is 0.319 e. The normalized spacial score (nSPS) is 17.3. The Morgan fingerprint density at radius 3 is 2.67 bits per heavy atom. The molecule has 0 saturated carbocycles. The van der Waals surface area contributed by atoms with Crippen LogP contribution in [0.1, 0.15) is 20.3 Å². The van der Waals surface area contributed by atoms with Gasteiger partial charge in [0.05, 0.1) is 13.7 Å². The van der Waals surface area contributed by atoms with E-state index < -0.39 is 0 Å². The predicted molar refractivity (Wildman–Crippen MR) is 92.1 cm³/mol. The summed E-state index contributed by atoms with van der Waals surface area (Å²) in [5.74, 6) is 1.88. The van der Waals surface area contributed by atoms with Gasteiger partial charge in [-0.15, -0.1) is 10.2 Å². The summed E-state index contributed by atoms with van der Waals surface area (Å²) in [6.45, 7) is 5.57. The first-order valence-electron chi connectivity index (χ1n) is 7.99. The van der Waals surface area contributed by atoms with Crippen molar-refractivity contribution in [2.24, 2.45) is 5.92 Å². The lowest BCUT2D eigenvalue weighted by atomic mass is 10.2. The zero-order chi connectivity index (χ0) is 17.1. The first-order valence-corrected chi connectivity index (χ1v) is 8.87. The van der Waals surface area contributed by atoms with Gasteiger partial charge in [0.25, 0.3) is 0 Å². The lowest BCUT2D eigenvalue weighted by molar-refractivity contribution is -0.137. The Hall–Kier alpha value is -2.02. The standard InChI is InChI=1S/C17H21N3O3S/c1-11(2)10-20-15(12-4-6-13(22-3)7-5-12)18-19-17(20)24-14-8-9-23-16(14)21/h4-7,11,14H,8-10H2,1-3H3/t14-/m0/s1. The number of nitrogens with zero attached hydrogens (tertiary/aromatic N) is 3. The first-order chi connectivity index (χ1) is 11.6. The van der Waals surface area contributed by atoms with E-state index >= 15 is 0 Å². The number of benzene rings is 1. The summed E-state index contributed by atoms with van der Waals surface area (Å²) >= 11 is 1.44. The molecule has 7 heteroatoms. The van der Waals surface area contributed by atoms with Crippen molar-refractivity contribution < 1.29 is 14.3 Å². The molecule has 2 heterocycles. The summed E-state index contributed by atoms with van der Waals surface area (Å²) in [6, 6.07) is 7.76. The highest BCUT2D eigenvalue weighted by Gasteiger charge is 2.30. The zero-order valence-electron chi connectivity index (χ0n) is 14.1. The quantitative estimate of drug-likeness (QED) is 0.749. The van der Waals surface area contributed by atoms with Gasteiger partial charge in [0.15, 0.2) is 11.0 Å². The molecule has 1 atom stereocenters. The van der Waals surface area contributed by atoms with E-state index in [-0.39, 0.29) is 11.2 Å². The van der Waals surface area contributed by atoms with Crippen molar-refractivity contribution in [3.63, 3.8) is 0 Å². The average Bonchev–Trinajstić information content (AvgIpc) is 3.15. The van der Waals surface area contributed by atoms with Crippen LogP contribution in [0, 0.1) is 5.92 Å². The van der Waals surface area contributed by atoms with Gasteiger partial charge in [-0.2, -0.15) is 0 Å². The van der Waals surface area contributed by atoms with Gasteiger partial charge in [-0.25, -0.2) is 0 Å². The molecule has 1 aromatic heterocycles. The van der Waals surface area contributed by atoms with Crippen LogP contribution in [0.2, 0.25) is 0 Å². The number of hydrogen-bond donors (Lipinski definition) is 0. The fourth-order valence-corrected chi connectivity index (χ4v) is 3.58. The second kappa shape index (κ2) is 7.25. The number of aromatic nitrogens is 3. The molecule has 1 aromatic carbocycles. The number of cyclic esters (lactones) is 1. The summed E-state index contributed by atoms with van der Waals surface area (Å²) in [7, 11) is 1.64. The van der Waals surface area contributed by atoms with E-state index in [0.29, 0.717) is 12.5 Å². The largest absolute Gasteiger partial charge is 0.497 e. The minimum atomic E-state index is -0.191. The Balaban J connectivity index is 1.91. The fraction of sp³-hybridized carbons (Fsp3) is 0.471. The molecule has 0 radical (unpaired) electrons. The van der Waals surface area contributed by atoms with Gasteiger partial charge in [-0.1, -0.05) is 25.6 Å². The fourth-order valence-electron chi connectivity index (χ4n) is 2.57. The van der Waals surface area contributed by atoms with Gasteiger partial charge in [0.1, 0.15) is 11.0 Å². The van der Waals surface area contributed by atoms with E-state index in [9.17, 15) is 4.79 Å². The van der Waals surface area contributed by atoms with Gasteiger partial charge in [-0.05, 0) is 30.2 Å². The summed E-state index contributed by atoms with van der Waals surface area (Å²) in [4.78, 5) is 11.7. The van der Waals surface area contributed by atoms with Crippen LogP contribution in [0.5, 0.6) is 5.75 Å². The van der Waals surface area contributed by atoms with Crippen molar-refractivity contribution in [1.29, 1.82) is 0 Å². The molecule has 1 aliphatic rings. The Morgan fingerprint density at radius 1 is 1.33 bits per heavy atom. The Bertz CT molecular complexity index is 712. The second-order valence-corrected chi connectivity index (χ2v) is 7.27. The van der Waals surface area contributed by atoms with Gasteiger partial charge in [-0.3, -0.25) is 4.79 Å². The number of ether oxygens (including phenoxy) is 2. The number of methoxy groups -OCH3 is 1. The molecule has 0 bridgehead atoms. The average molecular weight is 347 g/mol. The van der Waals surface area contributed by atoms with E-state index in [1.807, 2.05) is 24.3 Å². The molecule has 128 valence electrons.